The molecule has 1 aromatic heterocycles. The van der Waals surface area contributed by atoms with E-state index in [-0.39, 0.29) is 23.6 Å². The minimum absolute atomic E-state index is 0.162. The number of likely N-dealkylation sites (tertiary alicyclic amines) is 1. The molecule has 3 rings (SSSR count). The van der Waals surface area contributed by atoms with Crippen molar-refractivity contribution >= 4 is 5.91 Å². The second-order valence-corrected chi connectivity index (χ2v) is 4.94. The summed E-state index contributed by atoms with van der Waals surface area (Å²) in [4.78, 5) is 29.6. The van der Waals surface area contributed by atoms with E-state index in [1.54, 1.807) is 4.90 Å². The standard InChI is InChI=1S/C11H15N3O3/c15-9-2-1-6-4-14(5-7(6)9)10(16)8-3-12-11(17)13-8/h3,6-7,9,15H,1-2,4-5H2,(H2,12,13,17). The average molecular weight is 237 g/mol. The SMILES string of the molecule is O=C(c1c[nH]c(=O)[nH]1)N1CC2CCC(O)C2C1. The first kappa shape index (κ1) is 10.6. The number of aromatic amines is 2. The van der Waals surface area contributed by atoms with Crippen molar-refractivity contribution in [2.24, 2.45) is 11.8 Å². The molecule has 1 aromatic rings. The van der Waals surface area contributed by atoms with Crippen LogP contribution in [0.2, 0.25) is 0 Å². The van der Waals surface area contributed by atoms with Crippen LogP contribution in [0.15, 0.2) is 11.0 Å². The van der Waals surface area contributed by atoms with Crippen LogP contribution >= 0.6 is 0 Å². The number of fused-ring (bicyclic) bond motifs is 1. The van der Waals surface area contributed by atoms with Gasteiger partial charge in [-0.25, -0.2) is 4.79 Å². The lowest BCUT2D eigenvalue weighted by atomic mass is 10.00. The summed E-state index contributed by atoms with van der Waals surface area (Å²) in [6.45, 7) is 1.28. The van der Waals surface area contributed by atoms with Gasteiger partial charge in [0.25, 0.3) is 5.91 Å². The highest BCUT2D eigenvalue weighted by Gasteiger charge is 2.43. The Morgan fingerprint density at radius 1 is 1.41 bits per heavy atom. The minimum atomic E-state index is -0.368. The van der Waals surface area contributed by atoms with E-state index in [1.807, 2.05) is 0 Å². The summed E-state index contributed by atoms with van der Waals surface area (Å²) in [5.74, 6) is 0.467. The maximum atomic E-state index is 12.1. The summed E-state index contributed by atoms with van der Waals surface area (Å²) in [5.41, 5.74) is -0.0720. The number of hydrogen-bond acceptors (Lipinski definition) is 3. The normalized spacial score (nSPS) is 31.8. The van der Waals surface area contributed by atoms with Gasteiger partial charge < -0.3 is 20.0 Å². The number of aliphatic hydroxyl groups excluding tert-OH is 1. The second kappa shape index (κ2) is 3.73. The van der Waals surface area contributed by atoms with E-state index in [9.17, 15) is 14.7 Å². The molecule has 1 aliphatic carbocycles. The lowest BCUT2D eigenvalue weighted by Gasteiger charge is -2.17. The van der Waals surface area contributed by atoms with Crippen LogP contribution in [0.25, 0.3) is 0 Å². The van der Waals surface area contributed by atoms with E-state index >= 15 is 0 Å². The van der Waals surface area contributed by atoms with E-state index in [0.29, 0.717) is 24.7 Å². The molecule has 1 aliphatic heterocycles. The van der Waals surface area contributed by atoms with Gasteiger partial charge in [-0.1, -0.05) is 0 Å². The van der Waals surface area contributed by atoms with Crippen LogP contribution in [0.4, 0.5) is 0 Å². The Morgan fingerprint density at radius 3 is 2.88 bits per heavy atom. The summed E-state index contributed by atoms with van der Waals surface area (Å²) in [6.07, 6.45) is 2.95. The topological polar surface area (TPSA) is 89.2 Å². The molecule has 2 aliphatic rings. The molecule has 0 radical (unpaired) electrons. The van der Waals surface area contributed by atoms with Gasteiger partial charge in [-0.15, -0.1) is 0 Å². The summed E-state index contributed by atoms with van der Waals surface area (Å²) >= 11 is 0. The summed E-state index contributed by atoms with van der Waals surface area (Å²) in [6, 6.07) is 0. The van der Waals surface area contributed by atoms with E-state index in [4.69, 9.17) is 0 Å². The molecule has 6 nitrogen and oxygen atoms in total. The van der Waals surface area contributed by atoms with Crippen molar-refractivity contribution in [3.05, 3.63) is 22.4 Å². The molecule has 1 saturated carbocycles. The predicted molar refractivity (Wildman–Crippen MR) is 59.5 cm³/mol. The number of H-pyrrole nitrogens is 2. The van der Waals surface area contributed by atoms with Crippen molar-refractivity contribution in [1.82, 2.24) is 14.9 Å². The molecule has 1 amide bonds. The van der Waals surface area contributed by atoms with Gasteiger partial charge in [0.15, 0.2) is 0 Å². The Bertz CT molecular complexity index is 492. The molecule has 2 heterocycles. The van der Waals surface area contributed by atoms with E-state index < -0.39 is 0 Å². The van der Waals surface area contributed by atoms with Gasteiger partial charge in [0.2, 0.25) is 0 Å². The molecule has 3 unspecified atom stereocenters. The number of aromatic nitrogens is 2. The van der Waals surface area contributed by atoms with Gasteiger partial charge in [0.1, 0.15) is 5.69 Å². The number of nitrogens with one attached hydrogen (secondary N) is 2. The van der Waals surface area contributed by atoms with Crippen molar-refractivity contribution in [3.63, 3.8) is 0 Å². The summed E-state index contributed by atoms with van der Waals surface area (Å²) in [5, 5.41) is 9.77. The molecule has 0 spiro atoms. The zero-order valence-electron chi connectivity index (χ0n) is 9.35. The van der Waals surface area contributed by atoms with Gasteiger partial charge in [-0.3, -0.25) is 4.79 Å². The van der Waals surface area contributed by atoms with E-state index in [1.165, 1.54) is 6.20 Å². The average Bonchev–Trinajstić information content (AvgIpc) is 2.96. The van der Waals surface area contributed by atoms with E-state index in [0.717, 1.165) is 12.8 Å². The Kier molecular flexibility index (Phi) is 2.32. The largest absolute Gasteiger partial charge is 0.393 e. The minimum Gasteiger partial charge on any atom is -0.393 e. The number of nitrogens with zero attached hydrogens (tertiary/aromatic N) is 1. The highest BCUT2D eigenvalue weighted by atomic mass is 16.3. The van der Waals surface area contributed by atoms with E-state index in [2.05, 4.69) is 9.97 Å². The molecule has 0 aromatic carbocycles. The van der Waals surface area contributed by atoms with Gasteiger partial charge in [0.05, 0.1) is 6.10 Å². The molecule has 3 atom stereocenters. The van der Waals surface area contributed by atoms with Crippen LogP contribution < -0.4 is 5.69 Å². The zero-order valence-corrected chi connectivity index (χ0v) is 9.35. The van der Waals surface area contributed by atoms with Crippen molar-refractivity contribution in [3.8, 4) is 0 Å². The molecule has 6 heteroatoms. The molecule has 2 fully saturated rings. The Labute approximate surface area is 97.6 Å². The fraction of sp³-hybridized carbons (Fsp3) is 0.636. The van der Waals surface area contributed by atoms with Crippen LogP contribution in [0.1, 0.15) is 23.3 Å². The molecule has 17 heavy (non-hydrogen) atoms. The number of rotatable bonds is 1. The highest BCUT2D eigenvalue weighted by Crippen LogP contribution is 2.38. The van der Waals surface area contributed by atoms with Crippen LogP contribution in [-0.2, 0) is 0 Å². The molecular weight excluding hydrogens is 222 g/mol. The number of imidazole rings is 1. The molecule has 0 bridgehead atoms. The lowest BCUT2D eigenvalue weighted by molar-refractivity contribution is 0.0747. The van der Waals surface area contributed by atoms with Crippen LogP contribution in [0, 0.1) is 11.8 Å². The fourth-order valence-corrected chi connectivity index (χ4v) is 3.02. The van der Waals surface area contributed by atoms with Crippen LogP contribution in [0.3, 0.4) is 0 Å². The third-order valence-corrected chi connectivity index (χ3v) is 3.93. The summed E-state index contributed by atoms with van der Waals surface area (Å²) in [7, 11) is 0. The summed E-state index contributed by atoms with van der Waals surface area (Å²) < 4.78 is 0. The van der Waals surface area contributed by atoms with Crippen LogP contribution in [0.5, 0.6) is 0 Å². The number of hydrogen-bond donors (Lipinski definition) is 3. The Hall–Kier alpha value is -1.56. The zero-order chi connectivity index (χ0) is 12.0. The van der Waals surface area contributed by atoms with Crippen molar-refractivity contribution in [1.29, 1.82) is 0 Å². The maximum absolute atomic E-state index is 12.1. The first-order valence-corrected chi connectivity index (χ1v) is 5.90. The van der Waals surface area contributed by atoms with Crippen LogP contribution in [-0.4, -0.2) is 45.1 Å². The quantitative estimate of drug-likeness (QED) is 0.617. The monoisotopic (exact) mass is 237 g/mol. The lowest BCUT2D eigenvalue weighted by Crippen LogP contribution is -2.31. The second-order valence-electron chi connectivity index (χ2n) is 4.94. The number of amides is 1. The fourth-order valence-electron chi connectivity index (χ4n) is 3.02. The molecular formula is C11H15N3O3. The predicted octanol–water partition coefficient (Wildman–Crippen LogP) is -0.454. The highest BCUT2D eigenvalue weighted by molar-refractivity contribution is 5.92. The van der Waals surface area contributed by atoms with Crippen molar-refractivity contribution < 1.29 is 9.90 Å². The molecule has 92 valence electrons. The third kappa shape index (κ3) is 1.68. The molecule has 1 saturated heterocycles. The maximum Gasteiger partial charge on any atom is 0.323 e. The Balaban J connectivity index is 1.75. The Morgan fingerprint density at radius 2 is 2.24 bits per heavy atom. The smallest absolute Gasteiger partial charge is 0.323 e. The van der Waals surface area contributed by atoms with Gasteiger partial charge in [0, 0.05) is 25.2 Å². The first-order valence-electron chi connectivity index (χ1n) is 5.90. The van der Waals surface area contributed by atoms with Gasteiger partial charge in [-0.05, 0) is 18.8 Å². The van der Waals surface area contributed by atoms with Gasteiger partial charge in [-0.2, -0.15) is 0 Å². The first-order chi connectivity index (χ1) is 8.15. The van der Waals surface area contributed by atoms with Crippen molar-refractivity contribution in [2.75, 3.05) is 13.1 Å². The third-order valence-electron chi connectivity index (χ3n) is 3.93. The number of carbonyl (C=O) groups is 1. The molecule has 3 N–H and O–H groups in total. The van der Waals surface area contributed by atoms with Gasteiger partial charge >= 0.3 is 5.69 Å². The van der Waals surface area contributed by atoms with Crippen molar-refractivity contribution in [2.45, 2.75) is 18.9 Å². The number of aliphatic hydroxyl groups is 1. The number of carbonyl (C=O) groups excluding carboxylic acids is 1.